The van der Waals surface area contributed by atoms with Gasteiger partial charge in [-0.1, -0.05) is 37.3 Å². The van der Waals surface area contributed by atoms with Crippen LogP contribution in [0.4, 0.5) is 5.69 Å². The summed E-state index contributed by atoms with van der Waals surface area (Å²) in [4.78, 5) is 27.9. The summed E-state index contributed by atoms with van der Waals surface area (Å²) in [5, 5.41) is 3.23. The highest BCUT2D eigenvalue weighted by Gasteiger charge is 2.39. The number of carbonyl (C=O) groups excluding carboxylic acids is 2. The van der Waals surface area contributed by atoms with Crippen LogP contribution >= 0.6 is 0 Å². The van der Waals surface area contributed by atoms with Gasteiger partial charge in [0.1, 0.15) is 5.70 Å². The Balaban J connectivity index is 1.92. The van der Waals surface area contributed by atoms with Crippen LogP contribution in [0.1, 0.15) is 49.4 Å². The molecule has 5 heteroatoms. The maximum absolute atomic E-state index is 13.3. The van der Waals surface area contributed by atoms with E-state index in [0.717, 1.165) is 28.8 Å². The van der Waals surface area contributed by atoms with E-state index in [4.69, 9.17) is 4.74 Å². The summed E-state index contributed by atoms with van der Waals surface area (Å²) in [5.74, 6) is -0.548. The molecule has 0 aliphatic carbocycles. The molecule has 0 saturated carbocycles. The smallest absolute Gasteiger partial charge is 0.278 e. The fourth-order valence-electron chi connectivity index (χ4n) is 3.57. The van der Waals surface area contributed by atoms with E-state index < -0.39 is 0 Å². The van der Waals surface area contributed by atoms with Gasteiger partial charge in [0, 0.05) is 18.8 Å². The Labute approximate surface area is 185 Å². The molecule has 0 radical (unpaired) electrons. The normalized spacial score (nSPS) is 14.2. The lowest BCUT2D eigenvalue weighted by Crippen LogP contribution is -2.34. The third-order valence-corrected chi connectivity index (χ3v) is 5.57. The maximum Gasteiger partial charge on any atom is 0.278 e. The summed E-state index contributed by atoms with van der Waals surface area (Å²) >= 11 is 0. The van der Waals surface area contributed by atoms with E-state index in [9.17, 15) is 9.59 Å². The Morgan fingerprint density at radius 2 is 1.68 bits per heavy atom. The first kappa shape index (κ1) is 22.8. The van der Waals surface area contributed by atoms with Gasteiger partial charge in [-0.05, 0) is 74.9 Å². The van der Waals surface area contributed by atoms with E-state index in [1.165, 1.54) is 10.5 Å². The van der Waals surface area contributed by atoms with Crippen molar-refractivity contribution in [2.24, 2.45) is 0 Å². The molecule has 1 heterocycles. The Hall–Kier alpha value is -2.92. The Bertz CT molecular complexity index is 990. The van der Waals surface area contributed by atoms with Crippen molar-refractivity contribution in [3.63, 3.8) is 0 Å². The largest absolute Gasteiger partial charge is 0.379 e. The van der Waals surface area contributed by atoms with Gasteiger partial charge in [-0.25, -0.2) is 0 Å². The quantitative estimate of drug-likeness (QED) is 0.464. The number of anilines is 1. The second-order valence-electron chi connectivity index (χ2n) is 8.26. The van der Waals surface area contributed by atoms with Crippen LogP contribution in [0, 0.1) is 13.8 Å². The molecule has 0 saturated heterocycles. The molecule has 2 aromatic rings. The molecular formula is C26H32N2O3. The van der Waals surface area contributed by atoms with Crippen LogP contribution in [0.2, 0.25) is 0 Å². The molecule has 0 bridgehead atoms. The average Bonchev–Trinajstić information content (AvgIpc) is 2.97. The fourth-order valence-corrected chi connectivity index (χ4v) is 3.57. The number of nitrogens with zero attached hydrogens (tertiary/aromatic N) is 1. The highest BCUT2D eigenvalue weighted by Crippen LogP contribution is 2.31. The van der Waals surface area contributed by atoms with Crippen molar-refractivity contribution in [3.8, 4) is 0 Å². The monoisotopic (exact) mass is 420 g/mol. The first-order valence-electron chi connectivity index (χ1n) is 11.0. The number of amides is 2. The van der Waals surface area contributed by atoms with Crippen LogP contribution in [0.5, 0.6) is 0 Å². The molecule has 2 amide bonds. The SMILES string of the molecule is CCc1ccc(NC2=C(c3ccc(C)c(C)c3)C(=O)N(CCCOC(C)C)C2=O)cc1. The zero-order valence-electron chi connectivity index (χ0n) is 19.1. The van der Waals surface area contributed by atoms with Crippen LogP contribution in [0.25, 0.3) is 5.57 Å². The standard InChI is InChI=1S/C26H32N2O3/c1-6-20-9-12-22(13-10-20)27-24-23(21-11-8-18(4)19(5)16-21)25(29)28(26(24)30)14-7-15-31-17(2)3/h8-13,16-17,27H,6-7,14-15H2,1-5H3. The van der Waals surface area contributed by atoms with Gasteiger partial charge in [0.05, 0.1) is 11.7 Å². The molecule has 2 aromatic carbocycles. The molecule has 164 valence electrons. The summed E-state index contributed by atoms with van der Waals surface area (Å²) in [6.45, 7) is 10.9. The number of hydrogen-bond donors (Lipinski definition) is 1. The van der Waals surface area contributed by atoms with Crippen molar-refractivity contribution in [2.45, 2.75) is 53.6 Å². The third kappa shape index (κ3) is 5.23. The lowest BCUT2D eigenvalue weighted by atomic mass is 9.99. The van der Waals surface area contributed by atoms with Gasteiger partial charge in [0.25, 0.3) is 11.8 Å². The van der Waals surface area contributed by atoms with E-state index in [-0.39, 0.29) is 17.9 Å². The maximum atomic E-state index is 13.3. The van der Waals surface area contributed by atoms with Gasteiger partial charge < -0.3 is 10.1 Å². The predicted molar refractivity (Wildman–Crippen MR) is 125 cm³/mol. The minimum Gasteiger partial charge on any atom is -0.379 e. The third-order valence-electron chi connectivity index (χ3n) is 5.57. The fraction of sp³-hybridized carbons (Fsp3) is 0.385. The molecule has 1 aliphatic rings. The summed E-state index contributed by atoms with van der Waals surface area (Å²) < 4.78 is 5.58. The summed E-state index contributed by atoms with van der Waals surface area (Å²) in [6, 6.07) is 13.8. The second-order valence-corrected chi connectivity index (χ2v) is 8.26. The van der Waals surface area contributed by atoms with Crippen molar-refractivity contribution < 1.29 is 14.3 Å². The molecule has 3 rings (SSSR count). The molecular weight excluding hydrogens is 388 g/mol. The van der Waals surface area contributed by atoms with Crippen molar-refractivity contribution in [1.82, 2.24) is 4.90 Å². The molecule has 0 atom stereocenters. The first-order valence-corrected chi connectivity index (χ1v) is 11.0. The molecule has 0 aromatic heterocycles. The Morgan fingerprint density at radius 1 is 0.968 bits per heavy atom. The topological polar surface area (TPSA) is 58.6 Å². The summed E-state index contributed by atoms with van der Waals surface area (Å²) in [7, 11) is 0. The van der Waals surface area contributed by atoms with Gasteiger partial charge in [-0.2, -0.15) is 0 Å². The number of aryl methyl sites for hydroxylation is 3. The van der Waals surface area contributed by atoms with E-state index in [0.29, 0.717) is 30.8 Å². The molecule has 1 N–H and O–H groups in total. The van der Waals surface area contributed by atoms with Gasteiger partial charge >= 0.3 is 0 Å². The van der Waals surface area contributed by atoms with E-state index >= 15 is 0 Å². The average molecular weight is 421 g/mol. The van der Waals surface area contributed by atoms with Gasteiger partial charge in [0.2, 0.25) is 0 Å². The second kappa shape index (κ2) is 9.92. The predicted octanol–water partition coefficient (Wildman–Crippen LogP) is 4.87. The number of rotatable bonds is 9. The number of ether oxygens (including phenoxy) is 1. The van der Waals surface area contributed by atoms with Crippen LogP contribution in [0.3, 0.4) is 0 Å². The molecule has 31 heavy (non-hydrogen) atoms. The van der Waals surface area contributed by atoms with Crippen molar-refractivity contribution in [1.29, 1.82) is 0 Å². The van der Waals surface area contributed by atoms with Gasteiger partial charge in [0.15, 0.2) is 0 Å². The minimum atomic E-state index is -0.289. The Kier molecular flexibility index (Phi) is 7.29. The summed E-state index contributed by atoms with van der Waals surface area (Å²) in [5.41, 5.74) is 5.76. The number of carbonyl (C=O) groups is 2. The number of hydrogen-bond acceptors (Lipinski definition) is 4. The van der Waals surface area contributed by atoms with Crippen molar-refractivity contribution >= 4 is 23.1 Å². The van der Waals surface area contributed by atoms with Gasteiger partial charge in [-0.3, -0.25) is 14.5 Å². The van der Waals surface area contributed by atoms with Crippen LogP contribution in [0.15, 0.2) is 48.2 Å². The molecule has 0 fully saturated rings. The van der Waals surface area contributed by atoms with Crippen molar-refractivity contribution in [3.05, 3.63) is 70.4 Å². The highest BCUT2D eigenvalue weighted by atomic mass is 16.5. The number of imide groups is 1. The molecule has 5 nitrogen and oxygen atoms in total. The number of nitrogens with one attached hydrogen (secondary N) is 1. The van der Waals surface area contributed by atoms with E-state index in [1.54, 1.807) is 0 Å². The molecule has 0 unspecified atom stereocenters. The number of benzene rings is 2. The van der Waals surface area contributed by atoms with Crippen molar-refractivity contribution in [2.75, 3.05) is 18.5 Å². The summed E-state index contributed by atoms with van der Waals surface area (Å²) in [6.07, 6.45) is 1.67. The minimum absolute atomic E-state index is 0.123. The van der Waals surface area contributed by atoms with Crippen LogP contribution < -0.4 is 5.32 Å². The first-order chi connectivity index (χ1) is 14.8. The van der Waals surface area contributed by atoms with Gasteiger partial charge in [-0.15, -0.1) is 0 Å². The van der Waals surface area contributed by atoms with Crippen LogP contribution in [-0.4, -0.2) is 36.0 Å². The van der Waals surface area contributed by atoms with Crippen LogP contribution in [-0.2, 0) is 20.7 Å². The lowest BCUT2D eigenvalue weighted by molar-refractivity contribution is -0.137. The zero-order chi connectivity index (χ0) is 22.5. The lowest BCUT2D eigenvalue weighted by Gasteiger charge is -2.16. The Morgan fingerprint density at radius 3 is 2.29 bits per heavy atom. The molecule has 0 spiro atoms. The van der Waals surface area contributed by atoms with E-state index in [2.05, 4.69) is 12.2 Å². The molecule has 1 aliphatic heterocycles. The van der Waals surface area contributed by atoms with E-state index in [1.807, 2.05) is 70.2 Å². The highest BCUT2D eigenvalue weighted by molar-refractivity contribution is 6.36. The zero-order valence-corrected chi connectivity index (χ0v) is 19.1.